The SMILES string of the molecule is CC[C@H](Sc1nnc(NC(=O)Nc2ccc(C)cc2)s1)C(=O)[O-]. The van der Waals surface area contributed by atoms with Crippen LogP contribution in [0.1, 0.15) is 18.9 Å². The lowest BCUT2D eigenvalue weighted by atomic mass is 10.2. The van der Waals surface area contributed by atoms with Crippen molar-refractivity contribution < 1.29 is 14.7 Å². The average Bonchev–Trinajstić information content (AvgIpc) is 2.94. The molecule has 0 saturated carbocycles. The van der Waals surface area contributed by atoms with Gasteiger partial charge in [-0.2, -0.15) is 0 Å². The number of aryl methyl sites for hydroxylation is 1. The van der Waals surface area contributed by atoms with E-state index >= 15 is 0 Å². The first-order valence-electron chi connectivity index (χ1n) is 6.83. The molecule has 0 fully saturated rings. The molecule has 2 amide bonds. The molecular weight excluding hydrogens is 336 g/mol. The van der Waals surface area contributed by atoms with E-state index in [1.807, 2.05) is 19.1 Å². The number of thioether (sulfide) groups is 1. The predicted octanol–water partition coefficient (Wildman–Crippen LogP) is 2.11. The Morgan fingerprint density at radius 1 is 1.26 bits per heavy atom. The smallest absolute Gasteiger partial charge is 0.325 e. The first kappa shape index (κ1) is 17.2. The molecule has 1 aromatic carbocycles. The van der Waals surface area contributed by atoms with Crippen molar-refractivity contribution in [2.24, 2.45) is 0 Å². The van der Waals surface area contributed by atoms with Gasteiger partial charge in [-0.15, -0.1) is 10.2 Å². The third kappa shape index (κ3) is 5.22. The summed E-state index contributed by atoms with van der Waals surface area (Å²) in [4.78, 5) is 22.8. The number of rotatable bonds is 6. The number of nitrogens with zero attached hydrogens (tertiary/aromatic N) is 2. The van der Waals surface area contributed by atoms with E-state index in [9.17, 15) is 14.7 Å². The van der Waals surface area contributed by atoms with Gasteiger partial charge in [-0.25, -0.2) is 4.79 Å². The molecule has 0 aliphatic rings. The van der Waals surface area contributed by atoms with Crippen LogP contribution in [0.5, 0.6) is 0 Å². The second-order valence-electron chi connectivity index (χ2n) is 4.65. The number of carboxylic acids is 1. The molecule has 0 aliphatic heterocycles. The second-order valence-corrected chi connectivity index (χ2v) is 7.08. The van der Waals surface area contributed by atoms with Gasteiger partial charge in [0.25, 0.3) is 0 Å². The fourth-order valence-electron chi connectivity index (χ4n) is 1.62. The zero-order valence-corrected chi connectivity index (χ0v) is 14.2. The number of hydrogen-bond acceptors (Lipinski definition) is 7. The highest BCUT2D eigenvalue weighted by Gasteiger charge is 2.14. The molecule has 1 heterocycles. The number of amides is 2. The van der Waals surface area contributed by atoms with Crippen LogP contribution in [-0.4, -0.2) is 27.4 Å². The summed E-state index contributed by atoms with van der Waals surface area (Å²) in [6.07, 6.45) is 0.420. The zero-order valence-electron chi connectivity index (χ0n) is 12.5. The molecule has 0 saturated heterocycles. The summed E-state index contributed by atoms with van der Waals surface area (Å²) in [5, 5.41) is 23.4. The third-order valence-corrected chi connectivity index (χ3v) is 5.08. The van der Waals surface area contributed by atoms with Gasteiger partial charge in [0.2, 0.25) is 5.13 Å². The Balaban J connectivity index is 1.91. The highest BCUT2D eigenvalue weighted by Crippen LogP contribution is 2.30. The number of carboxylic acid groups (broad SMARTS) is 1. The predicted molar refractivity (Wildman–Crippen MR) is 88.7 cm³/mol. The molecule has 0 bridgehead atoms. The van der Waals surface area contributed by atoms with Crippen LogP contribution in [0.4, 0.5) is 15.6 Å². The maximum Gasteiger partial charge on any atom is 0.325 e. The van der Waals surface area contributed by atoms with Crippen LogP contribution in [0.25, 0.3) is 0 Å². The van der Waals surface area contributed by atoms with Gasteiger partial charge in [0, 0.05) is 5.69 Å². The molecule has 2 rings (SSSR count). The minimum atomic E-state index is -1.14. The fraction of sp³-hybridized carbons (Fsp3) is 0.286. The van der Waals surface area contributed by atoms with Gasteiger partial charge in [-0.1, -0.05) is 47.7 Å². The normalized spacial score (nSPS) is 11.7. The summed E-state index contributed by atoms with van der Waals surface area (Å²) in [6, 6.07) is 6.93. The molecule has 2 aromatic rings. The van der Waals surface area contributed by atoms with Crippen LogP contribution < -0.4 is 15.7 Å². The number of carbonyl (C=O) groups is 2. The average molecular weight is 351 g/mol. The van der Waals surface area contributed by atoms with Gasteiger partial charge in [0.05, 0.1) is 11.2 Å². The Morgan fingerprint density at radius 3 is 2.57 bits per heavy atom. The van der Waals surface area contributed by atoms with E-state index in [4.69, 9.17) is 0 Å². The maximum absolute atomic E-state index is 11.9. The summed E-state index contributed by atoms with van der Waals surface area (Å²) in [5.41, 5.74) is 1.76. The molecule has 1 aromatic heterocycles. The molecule has 7 nitrogen and oxygen atoms in total. The van der Waals surface area contributed by atoms with Gasteiger partial charge in [0.1, 0.15) is 0 Å². The number of anilines is 2. The zero-order chi connectivity index (χ0) is 16.8. The van der Waals surface area contributed by atoms with Crippen molar-refractivity contribution in [2.45, 2.75) is 29.9 Å². The largest absolute Gasteiger partial charge is 0.549 e. The number of hydrogen-bond donors (Lipinski definition) is 2. The second kappa shape index (κ2) is 7.93. The minimum Gasteiger partial charge on any atom is -0.549 e. The van der Waals surface area contributed by atoms with Crippen molar-refractivity contribution in [1.82, 2.24) is 10.2 Å². The minimum absolute atomic E-state index is 0.297. The van der Waals surface area contributed by atoms with E-state index in [0.717, 1.165) is 28.7 Å². The quantitative estimate of drug-likeness (QED) is 0.610. The van der Waals surface area contributed by atoms with E-state index in [0.29, 0.717) is 21.6 Å². The Labute approximate surface area is 141 Å². The van der Waals surface area contributed by atoms with E-state index in [1.54, 1.807) is 19.1 Å². The van der Waals surface area contributed by atoms with E-state index < -0.39 is 17.3 Å². The van der Waals surface area contributed by atoms with Crippen molar-refractivity contribution in [2.75, 3.05) is 10.6 Å². The first-order chi connectivity index (χ1) is 11.0. The van der Waals surface area contributed by atoms with E-state index in [-0.39, 0.29) is 0 Å². The lowest BCUT2D eigenvalue weighted by Crippen LogP contribution is -2.32. The van der Waals surface area contributed by atoms with Crippen LogP contribution in [0.3, 0.4) is 0 Å². The topological polar surface area (TPSA) is 107 Å². The molecule has 0 unspecified atom stereocenters. The van der Waals surface area contributed by atoms with Gasteiger partial charge < -0.3 is 15.2 Å². The summed E-state index contributed by atoms with van der Waals surface area (Å²) in [5.74, 6) is -1.14. The molecule has 0 spiro atoms. The maximum atomic E-state index is 11.9. The summed E-state index contributed by atoms with van der Waals surface area (Å²) >= 11 is 2.17. The lowest BCUT2D eigenvalue weighted by molar-refractivity contribution is -0.304. The summed E-state index contributed by atoms with van der Waals surface area (Å²) in [7, 11) is 0. The Kier molecular flexibility index (Phi) is 5.94. The van der Waals surface area contributed by atoms with Crippen LogP contribution in [0.2, 0.25) is 0 Å². The molecule has 0 radical (unpaired) electrons. The van der Waals surface area contributed by atoms with E-state index in [2.05, 4.69) is 20.8 Å². The Hall–Kier alpha value is -2.13. The van der Waals surface area contributed by atoms with E-state index in [1.165, 1.54) is 0 Å². The number of urea groups is 1. The lowest BCUT2D eigenvalue weighted by Gasteiger charge is -2.12. The molecule has 23 heavy (non-hydrogen) atoms. The van der Waals surface area contributed by atoms with Crippen molar-refractivity contribution >= 4 is 45.9 Å². The van der Waals surface area contributed by atoms with Crippen LogP contribution >= 0.6 is 23.1 Å². The monoisotopic (exact) mass is 351 g/mol. The number of benzene rings is 1. The van der Waals surface area contributed by atoms with Crippen LogP contribution in [-0.2, 0) is 4.79 Å². The molecule has 0 aliphatic carbocycles. The number of carbonyl (C=O) groups excluding carboxylic acids is 2. The van der Waals surface area contributed by atoms with Crippen molar-refractivity contribution in [3.63, 3.8) is 0 Å². The highest BCUT2D eigenvalue weighted by molar-refractivity contribution is 8.02. The molecular formula is C14H15N4O3S2-. The summed E-state index contributed by atoms with van der Waals surface area (Å²) in [6.45, 7) is 3.71. The van der Waals surface area contributed by atoms with Gasteiger partial charge >= 0.3 is 6.03 Å². The fourth-order valence-corrected chi connectivity index (χ4v) is 3.47. The van der Waals surface area contributed by atoms with Gasteiger partial charge in [-0.05, 0) is 25.5 Å². The van der Waals surface area contributed by atoms with Gasteiger partial charge in [0.15, 0.2) is 4.34 Å². The van der Waals surface area contributed by atoms with Crippen molar-refractivity contribution in [3.05, 3.63) is 29.8 Å². The first-order valence-corrected chi connectivity index (χ1v) is 8.53. The molecule has 2 N–H and O–H groups in total. The Morgan fingerprint density at radius 2 is 1.96 bits per heavy atom. The Bertz CT molecular complexity index is 688. The van der Waals surface area contributed by atoms with Crippen molar-refractivity contribution in [3.8, 4) is 0 Å². The molecule has 1 atom stereocenters. The summed E-state index contributed by atoms with van der Waals surface area (Å²) < 4.78 is 0.465. The number of aromatic nitrogens is 2. The van der Waals surface area contributed by atoms with Gasteiger partial charge in [-0.3, -0.25) is 5.32 Å². The van der Waals surface area contributed by atoms with Crippen LogP contribution in [0, 0.1) is 6.92 Å². The highest BCUT2D eigenvalue weighted by atomic mass is 32.2. The standard InChI is InChI=1S/C14H16N4O3S2/c1-3-10(11(19)20)22-14-18-17-13(23-14)16-12(21)15-9-6-4-8(2)5-7-9/h4-7,10H,3H2,1-2H3,(H,19,20)(H2,15,16,17,21)/p-1/t10-/m0/s1. The number of nitrogens with one attached hydrogen (secondary N) is 2. The van der Waals surface area contributed by atoms with Crippen LogP contribution in [0.15, 0.2) is 28.6 Å². The molecule has 122 valence electrons. The van der Waals surface area contributed by atoms with Crippen molar-refractivity contribution in [1.29, 1.82) is 0 Å². The molecule has 9 heteroatoms. The number of aliphatic carboxylic acids is 1. The third-order valence-electron chi connectivity index (χ3n) is 2.81.